The molecule has 8 aliphatic heterocycles. The topological polar surface area (TPSA) is 193 Å². The van der Waals surface area contributed by atoms with Crippen LogP contribution in [0.15, 0.2) is 46.6 Å². The summed E-state index contributed by atoms with van der Waals surface area (Å²) < 4.78 is 52.1. The van der Waals surface area contributed by atoms with E-state index in [0.29, 0.717) is 184 Å². The standard InChI is InChI=1S/C34H52N2O3.C34H53NO4.C33H51NO4.C28H41NO2/c1-6-7-29(38)35-14-15-36-19-21(2)16-28-30(36)22(3)34(39-28)13-11-26-25-9-8-23-17-24(37)10-12-31(23,4)27(25)18-33(26)20-32(33,34)5;1-6-37-15-16-38-14-13-35-20-22(2)17-29-30(35)23(3)34(39-29)12-10-27-26-8-7-24-18-25(36)9-11-31(24,4)28(26)19-33(27)21-32(33,34)5;1-21-16-28-29(34(19-21)12-13-37-15-14-36-5)22(2)33(38-28)11-9-26-25-7-6-23-17-24(35)8-10-30(23,3)27(25)18-32(26)20-31(32,33)4;1-16-11-23-24(29-14-16)17(2)28(31-23)10-8-21-20-6-5-18-12-19(30)7-9-25(18,3)22(20)13-27(21)15-26(27,28)4/h17,21-22,25-28,30H,6-16,18-20H2,1-5H3,(H,35,38);18,22-23,26-30H,6-17,19-21H2,1-5H3;17,21-22,25-29H,6-16,18-20H2,1-5H3;12,16-17,20-24,29H,5-11,13-15H2,1-4H3/t21-,22+,25-,26-,27-,28+,30-,31-,32?,33?,34+;22-,23+,26-,27-,28-,29+,30-,31-,32?,33?,34+;21-,22+,25-,26-,27-,28+,29-,30-,31?,32?,33+;16-,17+,20-,21-,22-,23+,24-,25-,26?,27?,28+/m0000/s1. The predicted molar refractivity (Wildman–Crippen MR) is 575 cm³/mol. The zero-order valence-electron chi connectivity index (χ0n) is 95.1. The van der Waals surface area contributed by atoms with Crippen LogP contribution in [0.5, 0.6) is 0 Å². The second kappa shape index (κ2) is 36.6. The van der Waals surface area contributed by atoms with Gasteiger partial charge in [-0.1, -0.05) is 140 Å². The van der Waals surface area contributed by atoms with Crippen LogP contribution in [0.4, 0.5) is 0 Å². The van der Waals surface area contributed by atoms with E-state index in [4.69, 9.17) is 37.9 Å². The average Bonchev–Trinajstić information content (AvgIpc) is 1.47. The van der Waals surface area contributed by atoms with Crippen molar-refractivity contribution < 1.29 is 61.9 Å². The average molecular weight is 2030 g/mol. The highest BCUT2D eigenvalue weighted by Gasteiger charge is 2.90. The predicted octanol–water partition coefficient (Wildman–Crippen LogP) is 22.9. The van der Waals surface area contributed by atoms with Gasteiger partial charge in [-0.25, -0.2) is 0 Å². The number of rotatable bonds is 18. The van der Waals surface area contributed by atoms with Crippen LogP contribution in [0.3, 0.4) is 0 Å². The number of nitrogens with zero attached hydrogens (tertiary/aromatic N) is 3. The van der Waals surface area contributed by atoms with Crippen molar-refractivity contribution in [1.82, 2.24) is 25.3 Å². The van der Waals surface area contributed by atoms with E-state index in [1.54, 1.807) is 7.11 Å². The van der Waals surface area contributed by atoms with Crippen molar-refractivity contribution in [2.45, 2.75) is 440 Å². The molecule has 147 heavy (non-hydrogen) atoms. The second-order valence-electron chi connectivity index (χ2n) is 59.6. The van der Waals surface area contributed by atoms with E-state index in [1.165, 1.54) is 196 Å². The number of ketones is 4. The number of hydrogen-bond acceptors (Lipinski definition) is 17. The summed E-state index contributed by atoms with van der Waals surface area (Å²) in [5.41, 5.74) is 10.2. The minimum atomic E-state index is -0.0117. The summed E-state index contributed by atoms with van der Waals surface area (Å²) in [5, 5.41) is 7.07. The van der Waals surface area contributed by atoms with Crippen molar-refractivity contribution in [3.8, 4) is 0 Å². The number of ether oxygens (including phenoxy) is 8. The number of nitrogens with one attached hydrogen (secondary N) is 2. The number of piperidine rings is 4. The summed E-state index contributed by atoms with van der Waals surface area (Å²) in [6, 6.07) is 2.06. The Morgan fingerprint density at radius 3 is 1.02 bits per heavy atom. The maximum Gasteiger partial charge on any atom is 0.220 e. The molecule has 0 aromatic rings. The van der Waals surface area contributed by atoms with Gasteiger partial charge in [0.2, 0.25) is 5.91 Å². The molecule has 28 aliphatic rings. The molecule has 24 fully saturated rings. The molecule has 8 saturated heterocycles. The molecule has 0 bridgehead atoms. The monoisotopic (exact) mass is 2020 g/mol. The van der Waals surface area contributed by atoms with Gasteiger partial charge in [-0.2, -0.15) is 0 Å². The molecule has 2 N–H and O–H groups in total. The first kappa shape index (κ1) is 104. The molecular weight excluding hydrogens is 1830 g/mol. The molecular formula is C129H197N5O13. The van der Waals surface area contributed by atoms with E-state index in [2.05, 4.69) is 167 Å². The van der Waals surface area contributed by atoms with Crippen molar-refractivity contribution in [3.05, 3.63) is 46.6 Å². The summed E-state index contributed by atoms with van der Waals surface area (Å²) >= 11 is 0. The maximum atomic E-state index is 12.3. The molecule has 18 nitrogen and oxygen atoms in total. The van der Waals surface area contributed by atoms with Crippen LogP contribution in [-0.4, -0.2) is 220 Å². The van der Waals surface area contributed by atoms with Crippen LogP contribution < -0.4 is 10.6 Å². The third-order valence-corrected chi connectivity index (χ3v) is 54.4. The van der Waals surface area contributed by atoms with Crippen LogP contribution in [0.1, 0.15) is 369 Å². The van der Waals surface area contributed by atoms with Crippen LogP contribution in [0, 0.1) is 183 Å². The van der Waals surface area contributed by atoms with Gasteiger partial charge in [0.15, 0.2) is 23.1 Å². The summed E-state index contributed by atoms with van der Waals surface area (Å²) in [5.74, 6) is 16.6. The van der Waals surface area contributed by atoms with Gasteiger partial charge in [0, 0.05) is 161 Å². The summed E-state index contributed by atoms with van der Waals surface area (Å²) in [6.07, 6.45) is 54.7. The first-order valence-electron chi connectivity index (χ1n) is 62.3. The number of carbonyl (C=O) groups is 5. The number of likely N-dealkylation sites (tertiary alicyclic amines) is 3. The smallest absolute Gasteiger partial charge is 0.220 e. The highest BCUT2D eigenvalue weighted by atomic mass is 16.5. The van der Waals surface area contributed by atoms with E-state index in [0.717, 1.165) is 213 Å². The molecule has 8 heterocycles. The van der Waals surface area contributed by atoms with Gasteiger partial charge in [0.1, 0.15) is 0 Å². The Bertz CT molecular complexity index is 5260. The zero-order chi connectivity index (χ0) is 102. The lowest BCUT2D eigenvalue weighted by Crippen LogP contribution is -2.55. The number of methoxy groups -OCH3 is 1. The Balaban J connectivity index is 0.000000102. The van der Waals surface area contributed by atoms with Gasteiger partial charge in [-0.3, -0.25) is 38.7 Å². The fraction of sp³-hybridized carbons (Fsp3) is 0.899. The van der Waals surface area contributed by atoms with Crippen molar-refractivity contribution in [2.75, 3.05) is 106 Å². The van der Waals surface area contributed by atoms with E-state index < -0.39 is 0 Å². The number of fused-ring (bicyclic) bond motifs is 24. The van der Waals surface area contributed by atoms with Crippen molar-refractivity contribution in [1.29, 1.82) is 0 Å². The number of hydrogen-bond donors (Lipinski definition) is 2. The number of carbonyl (C=O) groups excluding carboxylic acids is 5. The maximum absolute atomic E-state index is 12.3. The first-order chi connectivity index (χ1) is 70.2. The SMILES string of the molecule is CCCC(=O)NCCN1C[C@@H](C)C[C@H]2O[C@]3(CC[C@H]4[C@@H]5CCC6=CC(=O)CC[C@]6(C)[C@H]5CC45CC53C)[C@H](C)[C@@H]21.CCOCCOCCN1C[C@@H](C)C[C@H]2O[C@]3(CC[C@H]4[C@@H]5CCC6=CC(=O)CC[C@]6(C)[C@H]5CC45CC53C)[C@H](C)[C@@H]21.COCCOCCN1C[C@@H](C)C[C@H]2O[C@]3(CC[C@H]4[C@@H]5CCC6=CC(=O)CC[C@]6(C)[C@H]5CC45CC53C)[C@H](C)[C@@H]21.C[C@@H]1CN[C@H]2[C@@H](C)[C@@]3(CC[C@H]4[C@@H]5CCC6=CC(=O)CC[C@]6(C)[C@H]5CC45CC53C)O[C@@H]2C1. The van der Waals surface area contributed by atoms with Crippen LogP contribution in [0.2, 0.25) is 0 Å². The first-order valence-corrected chi connectivity index (χ1v) is 62.3. The molecule has 18 heteroatoms. The molecule has 8 unspecified atom stereocenters. The summed E-state index contributed by atoms with van der Waals surface area (Å²) in [6.45, 7) is 57.9. The van der Waals surface area contributed by atoms with Gasteiger partial charge >= 0.3 is 0 Å². The largest absolute Gasteiger partial charge is 0.382 e. The third-order valence-electron chi connectivity index (χ3n) is 54.4. The van der Waals surface area contributed by atoms with Crippen LogP contribution >= 0.6 is 0 Å². The Labute approximate surface area is 886 Å². The Hall–Kier alpha value is -3.37. The van der Waals surface area contributed by atoms with E-state index in [1.807, 2.05) is 6.92 Å². The van der Waals surface area contributed by atoms with Crippen molar-refractivity contribution >= 4 is 29.0 Å². The highest BCUT2D eigenvalue weighted by molar-refractivity contribution is 5.93. The fourth-order valence-electron chi connectivity index (χ4n) is 47.5. The molecule has 8 spiro atoms. The lowest BCUT2D eigenvalue weighted by atomic mass is 9.56. The van der Waals surface area contributed by atoms with Crippen LogP contribution in [0.25, 0.3) is 0 Å². The molecule has 816 valence electrons. The Morgan fingerprint density at radius 2 is 0.687 bits per heavy atom. The molecule has 28 rings (SSSR count). The van der Waals surface area contributed by atoms with Crippen molar-refractivity contribution in [3.63, 3.8) is 0 Å². The molecule has 44 atom stereocenters. The normalized spacial score (nSPS) is 54.3. The third kappa shape index (κ3) is 14.7. The Kier molecular flexibility index (Phi) is 25.9. The molecule has 0 radical (unpaired) electrons. The summed E-state index contributed by atoms with van der Waals surface area (Å²) in [7, 11) is 1.74. The summed E-state index contributed by atoms with van der Waals surface area (Å²) in [4.78, 5) is 69.4. The van der Waals surface area contributed by atoms with Crippen LogP contribution in [-0.2, 0) is 61.9 Å². The Morgan fingerprint density at radius 1 is 0.374 bits per heavy atom. The minimum Gasteiger partial charge on any atom is -0.382 e. The molecule has 0 aromatic heterocycles. The number of allylic oxidation sites excluding steroid dienone is 8. The van der Waals surface area contributed by atoms with Gasteiger partial charge < -0.3 is 48.5 Å². The van der Waals surface area contributed by atoms with Gasteiger partial charge in [0.05, 0.1) is 86.5 Å². The minimum absolute atomic E-state index is 0.0117. The zero-order valence-corrected chi connectivity index (χ0v) is 95.1. The molecule has 0 aromatic carbocycles. The molecule has 1 amide bonds. The van der Waals surface area contributed by atoms with Gasteiger partial charge in [-0.15, -0.1) is 0 Å². The fourth-order valence-corrected chi connectivity index (χ4v) is 47.5. The van der Waals surface area contributed by atoms with E-state index >= 15 is 0 Å². The molecule has 16 saturated carbocycles. The second-order valence-corrected chi connectivity index (χ2v) is 59.6. The quantitative estimate of drug-likeness (QED) is 0.123. The van der Waals surface area contributed by atoms with Gasteiger partial charge in [-0.05, 0) is 388 Å². The lowest BCUT2D eigenvalue weighted by molar-refractivity contribution is -0.148. The van der Waals surface area contributed by atoms with E-state index in [-0.39, 0.29) is 55.4 Å². The van der Waals surface area contributed by atoms with Crippen molar-refractivity contribution in [2.24, 2.45) is 183 Å². The number of amides is 1. The lowest BCUT2D eigenvalue weighted by Gasteiger charge is -2.50. The highest BCUT2D eigenvalue weighted by Crippen LogP contribution is 2.93. The molecule has 20 aliphatic carbocycles. The van der Waals surface area contributed by atoms with Gasteiger partial charge in [0.25, 0.3) is 0 Å². The van der Waals surface area contributed by atoms with E-state index in [9.17, 15) is 24.0 Å².